The van der Waals surface area contributed by atoms with Crippen molar-refractivity contribution in [3.8, 4) is 0 Å². The number of halogens is 1. The van der Waals surface area contributed by atoms with Crippen LogP contribution in [0, 0.1) is 11.7 Å². The van der Waals surface area contributed by atoms with Crippen molar-refractivity contribution >= 4 is 11.7 Å². The molecule has 2 aromatic rings. The average molecular weight is 272 g/mol. The number of pyridine rings is 1. The zero-order chi connectivity index (χ0) is 14.5. The molecule has 0 bridgehead atoms. The zero-order valence-corrected chi connectivity index (χ0v) is 11.6. The maximum atomic E-state index is 13.3. The van der Waals surface area contributed by atoms with Gasteiger partial charge in [-0.2, -0.15) is 0 Å². The lowest BCUT2D eigenvalue weighted by Gasteiger charge is -2.23. The molecule has 0 radical (unpaired) electrons. The number of amides is 1. The highest BCUT2D eigenvalue weighted by Gasteiger charge is 2.20. The second-order valence-corrected chi connectivity index (χ2v) is 4.90. The molecule has 0 aliphatic heterocycles. The van der Waals surface area contributed by atoms with E-state index in [1.165, 1.54) is 12.1 Å². The van der Waals surface area contributed by atoms with Crippen LogP contribution in [0.4, 0.5) is 10.2 Å². The summed E-state index contributed by atoms with van der Waals surface area (Å²) in [4.78, 5) is 18.1. The van der Waals surface area contributed by atoms with E-state index in [9.17, 15) is 9.18 Å². The highest BCUT2D eigenvalue weighted by molar-refractivity contribution is 5.93. The molecule has 20 heavy (non-hydrogen) atoms. The Bertz CT molecular complexity index is 584. The van der Waals surface area contributed by atoms with Crippen molar-refractivity contribution in [3.63, 3.8) is 0 Å². The Labute approximate surface area is 118 Å². The van der Waals surface area contributed by atoms with Crippen LogP contribution in [0.5, 0.6) is 0 Å². The molecule has 1 aromatic heterocycles. The smallest absolute Gasteiger partial charge is 0.231 e. The van der Waals surface area contributed by atoms with Crippen molar-refractivity contribution in [1.82, 2.24) is 4.98 Å². The van der Waals surface area contributed by atoms with Gasteiger partial charge < -0.3 is 0 Å². The quantitative estimate of drug-likeness (QED) is 0.854. The van der Waals surface area contributed by atoms with Crippen molar-refractivity contribution in [2.24, 2.45) is 5.92 Å². The first-order chi connectivity index (χ1) is 9.58. The van der Waals surface area contributed by atoms with E-state index in [0.29, 0.717) is 12.4 Å². The maximum Gasteiger partial charge on any atom is 0.231 e. The molecule has 104 valence electrons. The maximum absolute atomic E-state index is 13.3. The Hall–Kier alpha value is -2.23. The predicted octanol–water partition coefficient (Wildman–Crippen LogP) is 3.41. The molecule has 1 heterocycles. The van der Waals surface area contributed by atoms with E-state index in [4.69, 9.17) is 0 Å². The van der Waals surface area contributed by atoms with Crippen molar-refractivity contribution in [2.75, 3.05) is 4.90 Å². The van der Waals surface area contributed by atoms with Gasteiger partial charge in [-0.25, -0.2) is 9.37 Å². The van der Waals surface area contributed by atoms with Gasteiger partial charge in [-0.05, 0) is 29.8 Å². The van der Waals surface area contributed by atoms with Crippen molar-refractivity contribution in [2.45, 2.75) is 20.4 Å². The Kier molecular flexibility index (Phi) is 4.45. The molecule has 1 amide bonds. The van der Waals surface area contributed by atoms with Crippen molar-refractivity contribution in [3.05, 3.63) is 60.0 Å². The lowest BCUT2D eigenvalue weighted by atomic mass is 10.1. The van der Waals surface area contributed by atoms with Crippen LogP contribution in [0.2, 0.25) is 0 Å². The number of aromatic nitrogens is 1. The number of rotatable bonds is 4. The summed E-state index contributed by atoms with van der Waals surface area (Å²) in [6, 6.07) is 11.7. The number of hydrogen-bond acceptors (Lipinski definition) is 2. The van der Waals surface area contributed by atoms with E-state index < -0.39 is 0 Å². The lowest BCUT2D eigenvalue weighted by Crippen LogP contribution is -2.34. The molecule has 0 saturated heterocycles. The summed E-state index contributed by atoms with van der Waals surface area (Å²) in [6.07, 6.45) is 1.64. The molecule has 0 N–H and O–H groups in total. The number of nitrogens with zero attached hydrogens (tertiary/aromatic N) is 2. The third-order valence-electron chi connectivity index (χ3n) is 2.92. The fraction of sp³-hybridized carbons (Fsp3) is 0.250. The minimum atomic E-state index is -0.305. The number of hydrogen-bond donors (Lipinski definition) is 0. The van der Waals surface area contributed by atoms with Gasteiger partial charge in [0, 0.05) is 12.1 Å². The molecule has 0 fully saturated rings. The van der Waals surface area contributed by atoms with Crippen LogP contribution in [0.1, 0.15) is 19.4 Å². The van der Waals surface area contributed by atoms with E-state index in [0.717, 1.165) is 5.56 Å². The molecule has 0 aliphatic carbocycles. The van der Waals surface area contributed by atoms with Gasteiger partial charge in [-0.15, -0.1) is 0 Å². The van der Waals surface area contributed by atoms with Gasteiger partial charge in [0.15, 0.2) is 0 Å². The highest BCUT2D eigenvalue weighted by atomic mass is 19.1. The second-order valence-electron chi connectivity index (χ2n) is 4.90. The van der Waals surface area contributed by atoms with Crippen LogP contribution in [0.3, 0.4) is 0 Å². The van der Waals surface area contributed by atoms with E-state index >= 15 is 0 Å². The molecular weight excluding hydrogens is 255 g/mol. The summed E-state index contributed by atoms with van der Waals surface area (Å²) in [5, 5.41) is 0. The fourth-order valence-electron chi connectivity index (χ4n) is 1.91. The first kappa shape index (κ1) is 14.2. The van der Waals surface area contributed by atoms with Crippen LogP contribution < -0.4 is 4.90 Å². The van der Waals surface area contributed by atoms with E-state index in [1.54, 1.807) is 35.4 Å². The summed E-state index contributed by atoms with van der Waals surface area (Å²) in [5.41, 5.74) is 0.740. The topological polar surface area (TPSA) is 33.2 Å². The monoisotopic (exact) mass is 272 g/mol. The van der Waals surface area contributed by atoms with Gasteiger partial charge in [0.2, 0.25) is 5.91 Å². The summed E-state index contributed by atoms with van der Waals surface area (Å²) < 4.78 is 13.3. The number of anilines is 1. The zero-order valence-electron chi connectivity index (χ0n) is 11.6. The van der Waals surface area contributed by atoms with E-state index in [-0.39, 0.29) is 17.6 Å². The molecule has 1 aromatic carbocycles. The minimum Gasteiger partial charge on any atom is -0.292 e. The standard InChI is InChI=1S/C16H17FN2O/c1-12(2)16(20)19(15-8-3-4-9-18-15)11-13-6-5-7-14(17)10-13/h3-10,12H,11H2,1-2H3. The van der Waals surface area contributed by atoms with Crippen LogP contribution in [0.25, 0.3) is 0 Å². The molecule has 0 saturated carbocycles. The Balaban J connectivity index is 2.30. The third-order valence-corrected chi connectivity index (χ3v) is 2.92. The summed E-state index contributed by atoms with van der Waals surface area (Å²) >= 11 is 0. The first-order valence-corrected chi connectivity index (χ1v) is 6.55. The number of carbonyl (C=O) groups is 1. The molecule has 3 nitrogen and oxygen atoms in total. The summed E-state index contributed by atoms with van der Waals surface area (Å²) in [5.74, 6) is 0.0921. The van der Waals surface area contributed by atoms with Gasteiger partial charge in [0.05, 0.1) is 6.54 Å². The fourth-order valence-corrected chi connectivity index (χ4v) is 1.91. The average Bonchev–Trinajstić information content (AvgIpc) is 2.45. The molecule has 0 unspecified atom stereocenters. The van der Waals surface area contributed by atoms with Crippen LogP contribution >= 0.6 is 0 Å². The van der Waals surface area contributed by atoms with Crippen molar-refractivity contribution < 1.29 is 9.18 Å². The largest absolute Gasteiger partial charge is 0.292 e. The van der Waals surface area contributed by atoms with Crippen LogP contribution in [0.15, 0.2) is 48.7 Å². The normalized spacial score (nSPS) is 10.6. The molecule has 4 heteroatoms. The van der Waals surface area contributed by atoms with Gasteiger partial charge in [-0.3, -0.25) is 9.69 Å². The van der Waals surface area contributed by atoms with Gasteiger partial charge in [0.1, 0.15) is 11.6 Å². The van der Waals surface area contributed by atoms with Gasteiger partial charge in [0.25, 0.3) is 0 Å². The first-order valence-electron chi connectivity index (χ1n) is 6.55. The SMILES string of the molecule is CC(C)C(=O)N(Cc1cccc(F)c1)c1ccccn1. The van der Waals surface area contributed by atoms with Gasteiger partial charge >= 0.3 is 0 Å². The van der Waals surface area contributed by atoms with Crippen LogP contribution in [-0.2, 0) is 11.3 Å². The Morgan fingerprint density at radius 3 is 2.65 bits per heavy atom. The third kappa shape index (κ3) is 3.41. The van der Waals surface area contributed by atoms with E-state index in [2.05, 4.69) is 4.98 Å². The Morgan fingerprint density at radius 1 is 1.25 bits per heavy atom. The molecule has 2 rings (SSSR count). The molecule has 0 aliphatic rings. The van der Waals surface area contributed by atoms with Crippen LogP contribution in [-0.4, -0.2) is 10.9 Å². The minimum absolute atomic E-state index is 0.0343. The summed E-state index contributed by atoms with van der Waals surface area (Å²) in [7, 11) is 0. The second kappa shape index (κ2) is 6.28. The molecular formula is C16H17FN2O. The van der Waals surface area contributed by atoms with Crippen molar-refractivity contribution in [1.29, 1.82) is 0 Å². The summed E-state index contributed by atoms with van der Waals surface area (Å²) in [6.45, 7) is 3.99. The number of carbonyl (C=O) groups excluding carboxylic acids is 1. The molecule has 0 spiro atoms. The van der Waals surface area contributed by atoms with Gasteiger partial charge in [-0.1, -0.05) is 32.0 Å². The Morgan fingerprint density at radius 2 is 2.05 bits per heavy atom. The highest BCUT2D eigenvalue weighted by Crippen LogP contribution is 2.17. The lowest BCUT2D eigenvalue weighted by molar-refractivity contribution is -0.121. The number of benzene rings is 1. The molecule has 0 atom stereocenters. The predicted molar refractivity (Wildman–Crippen MR) is 76.7 cm³/mol. The van der Waals surface area contributed by atoms with E-state index in [1.807, 2.05) is 19.9 Å².